The first-order valence-electron chi connectivity index (χ1n) is 12.3. The van der Waals surface area contributed by atoms with Gasteiger partial charge in [0.15, 0.2) is 0 Å². The van der Waals surface area contributed by atoms with Crippen LogP contribution in [0.15, 0.2) is 47.6 Å². The quantitative estimate of drug-likeness (QED) is 0.499. The molecular formula is C28H44O2. The summed E-state index contributed by atoms with van der Waals surface area (Å²) >= 11 is 0. The minimum absolute atomic E-state index is 0.385. The first-order valence-corrected chi connectivity index (χ1v) is 12.3. The second-order valence-corrected chi connectivity index (χ2v) is 11.0. The molecule has 7 atom stereocenters. The molecule has 30 heavy (non-hydrogen) atoms. The van der Waals surface area contributed by atoms with Crippen molar-refractivity contribution in [2.45, 2.75) is 91.8 Å². The van der Waals surface area contributed by atoms with Crippen molar-refractivity contribution in [3.05, 3.63) is 47.6 Å². The van der Waals surface area contributed by atoms with Crippen LogP contribution in [0.3, 0.4) is 0 Å². The summed E-state index contributed by atoms with van der Waals surface area (Å²) in [5, 5.41) is 20.2. The normalized spacial score (nSPS) is 39.8. The fourth-order valence-electron chi connectivity index (χ4n) is 6.32. The smallest absolute Gasteiger partial charge is 0.0811 e. The van der Waals surface area contributed by atoms with Crippen molar-refractivity contribution in [3.63, 3.8) is 0 Å². The molecule has 0 aromatic heterocycles. The molecule has 2 nitrogen and oxygen atoms in total. The Hall–Kier alpha value is -1.12. The highest BCUT2D eigenvalue weighted by Crippen LogP contribution is 2.59. The first kappa shape index (κ1) is 23.5. The molecule has 3 saturated carbocycles. The van der Waals surface area contributed by atoms with Gasteiger partial charge in [0.2, 0.25) is 0 Å². The Kier molecular flexibility index (Phi) is 7.51. The summed E-state index contributed by atoms with van der Waals surface area (Å²) in [6.45, 7) is 16.0. The van der Waals surface area contributed by atoms with Crippen LogP contribution in [-0.2, 0) is 0 Å². The van der Waals surface area contributed by atoms with Crippen molar-refractivity contribution in [3.8, 4) is 0 Å². The fourth-order valence-corrected chi connectivity index (χ4v) is 6.32. The van der Waals surface area contributed by atoms with E-state index in [1.807, 2.05) is 0 Å². The molecule has 168 valence electrons. The zero-order valence-electron chi connectivity index (χ0n) is 19.9. The van der Waals surface area contributed by atoms with Crippen molar-refractivity contribution >= 4 is 0 Å². The number of rotatable bonds is 5. The lowest BCUT2D eigenvalue weighted by molar-refractivity contribution is 0.0862. The Morgan fingerprint density at radius 1 is 1.07 bits per heavy atom. The standard InChI is InChI=1S/C28H44O2/c1-18(2)19(3)9-10-20(4)25-13-14-26-22(8-7-15-28(25,26)6)11-12-23-16-24(29)17-27(30)21(23)5/h9-12,18-20,24-27,29-30H,5,7-8,13-17H2,1-4,6H3/b10-9+,22-11+,23-12+/t19-,20+,24+,25+,26?,27-,28+/m0/s1. The summed E-state index contributed by atoms with van der Waals surface area (Å²) < 4.78 is 0. The summed E-state index contributed by atoms with van der Waals surface area (Å²) in [5.41, 5.74) is 3.77. The van der Waals surface area contributed by atoms with Gasteiger partial charge < -0.3 is 10.2 Å². The number of aliphatic hydroxyl groups excluding tert-OH is 2. The lowest BCUT2D eigenvalue weighted by atomic mass is 9.61. The van der Waals surface area contributed by atoms with Crippen molar-refractivity contribution in [2.75, 3.05) is 0 Å². The van der Waals surface area contributed by atoms with E-state index in [2.05, 4.69) is 65.5 Å². The number of fused-ring (bicyclic) bond motifs is 1. The van der Waals surface area contributed by atoms with Crippen LogP contribution >= 0.6 is 0 Å². The SMILES string of the molecule is C=C1/C(=C/C=C2\CCC[C@@]3(C)C2CC[C@@H]3[C@H](C)/C=C/[C@H](C)C(C)C)C[C@@H](O)C[C@@H]1O. The molecule has 0 aromatic carbocycles. The largest absolute Gasteiger partial charge is 0.393 e. The van der Waals surface area contributed by atoms with Gasteiger partial charge in [-0.3, -0.25) is 0 Å². The van der Waals surface area contributed by atoms with Gasteiger partial charge in [-0.2, -0.15) is 0 Å². The van der Waals surface area contributed by atoms with Gasteiger partial charge >= 0.3 is 0 Å². The molecule has 2 N–H and O–H groups in total. The maximum Gasteiger partial charge on any atom is 0.0811 e. The zero-order valence-corrected chi connectivity index (χ0v) is 19.9. The lowest BCUT2D eigenvalue weighted by Gasteiger charge is -2.44. The Bertz CT molecular complexity index is 712. The Morgan fingerprint density at radius 3 is 2.50 bits per heavy atom. The van der Waals surface area contributed by atoms with Gasteiger partial charge in [0.05, 0.1) is 12.2 Å². The number of hydrogen-bond acceptors (Lipinski definition) is 2. The summed E-state index contributed by atoms with van der Waals surface area (Å²) in [6, 6.07) is 0. The average molecular weight is 413 g/mol. The third-order valence-corrected chi connectivity index (χ3v) is 8.71. The molecule has 3 fully saturated rings. The Labute approximate surface area is 184 Å². The van der Waals surface area contributed by atoms with Crippen LogP contribution in [0.5, 0.6) is 0 Å². The highest BCUT2D eigenvalue weighted by atomic mass is 16.3. The van der Waals surface area contributed by atoms with Crippen molar-refractivity contribution < 1.29 is 10.2 Å². The Morgan fingerprint density at radius 2 is 1.80 bits per heavy atom. The molecule has 0 radical (unpaired) electrons. The van der Waals surface area contributed by atoms with Crippen molar-refractivity contribution in [1.82, 2.24) is 0 Å². The van der Waals surface area contributed by atoms with E-state index in [0.29, 0.717) is 41.9 Å². The third-order valence-electron chi connectivity index (χ3n) is 8.71. The van der Waals surface area contributed by atoms with Gasteiger partial charge in [-0.05, 0) is 84.7 Å². The molecule has 0 aliphatic heterocycles. The molecule has 0 heterocycles. The van der Waals surface area contributed by atoms with Gasteiger partial charge in [-0.15, -0.1) is 0 Å². The second kappa shape index (κ2) is 9.57. The molecule has 0 spiro atoms. The van der Waals surface area contributed by atoms with Crippen LogP contribution < -0.4 is 0 Å². The van der Waals surface area contributed by atoms with Crippen LogP contribution in [0.4, 0.5) is 0 Å². The number of hydrogen-bond donors (Lipinski definition) is 2. The predicted octanol–water partition coefficient (Wildman–Crippen LogP) is 6.61. The maximum absolute atomic E-state index is 10.1. The third kappa shape index (κ3) is 4.86. The van der Waals surface area contributed by atoms with Gasteiger partial charge in [-0.25, -0.2) is 0 Å². The van der Waals surface area contributed by atoms with E-state index < -0.39 is 12.2 Å². The van der Waals surface area contributed by atoms with E-state index in [4.69, 9.17) is 0 Å². The molecule has 0 amide bonds. The van der Waals surface area contributed by atoms with Crippen LogP contribution in [0.25, 0.3) is 0 Å². The predicted molar refractivity (Wildman–Crippen MR) is 127 cm³/mol. The minimum Gasteiger partial charge on any atom is -0.393 e. The van der Waals surface area contributed by atoms with Gasteiger partial charge in [0, 0.05) is 6.42 Å². The maximum atomic E-state index is 10.1. The van der Waals surface area contributed by atoms with E-state index in [9.17, 15) is 10.2 Å². The number of aliphatic hydroxyl groups is 2. The van der Waals surface area contributed by atoms with E-state index in [1.165, 1.54) is 32.1 Å². The van der Waals surface area contributed by atoms with E-state index in [0.717, 1.165) is 17.1 Å². The van der Waals surface area contributed by atoms with Crippen LogP contribution in [-0.4, -0.2) is 22.4 Å². The minimum atomic E-state index is -0.605. The molecule has 3 rings (SSSR count). The van der Waals surface area contributed by atoms with Crippen LogP contribution in [0.2, 0.25) is 0 Å². The van der Waals surface area contributed by atoms with Crippen molar-refractivity contribution in [1.29, 1.82) is 0 Å². The van der Waals surface area contributed by atoms with E-state index in [1.54, 1.807) is 5.57 Å². The van der Waals surface area contributed by atoms with Crippen LogP contribution in [0.1, 0.15) is 79.6 Å². The van der Waals surface area contributed by atoms with Gasteiger partial charge in [0.25, 0.3) is 0 Å². The summed E-state index contributed by atoms with van der Waals surface area (Å²) in [6.07, 6.45) is 15.8. The molecule has 0 bridgehead atoms. The molecular weight excluding hydrogens is 368 g/mol. The highest BCUT2D eigenvalue weighted by Gasteiger charge is 2.50. The van der Waals surface area contributed by atoms with Crippen LogP contribution in [0, 0.1) is 35.0 Å². The van der Waals surface area contributed by atoms with Crippen molar-refractivity contribution in [2.24, 2.45) is 35.0 Å². The Balaban J connectivity index is 1.76. The van der Waals surface area contributed by atoms with E-state index in [-0.39, 0.29) is 0 Å². The summed E-state index contributed by atoms with van der Waals surface area (Å²) in [7, 11) is 0. The summed E-state index contributed by atoms with van der Waals surface area (Å²) in [5.74, 6) is 3.38. The molecule has 3 aliphatic rings. The first-order chi connectivity index (χ1) is 14.1. The average Bonchev–Trinajstić information content (AvgIpc) is 3.04. The molecule has 0 aromatic rings. The number of allylic oxidation sites excluding steroid dienone is 5. The zero-order chi connectivity index (χ0) is 22.1. The molecule has 2 heteroatoms. The highest BCUT2D eigenvalue weighted by molar-refractivity contribution is 5.38. The fraction of sp³-hybridized carbons (Fsp3) is 0.714. The summed E-state index contributed by atoms with van der Waals surface area (Å²) in [4.78, 5) is 0. The topological polar surface area (TPSA) is 40.5 Å². The molecule has 1 unspecified atom stereocenters. The lowest BCUT2D eigenvalue weighted by Crippen LogP contribution is -2.35. The van der Waals surface area contributed by atoms with E-state index >= 15 is 0 Å². The van der Waals surface area contributed by atoms with Gasteiger partial charge in [-0.1, -0.05) is 71.1 Å². The molecule has 0 saturated heterocycles. The second-order valence-electron chi connectivity index (χ2n) is 11.0. The monoisotopic (exact) mass is 412 g/mol. The molecule has 3 aliphatic carbocycles. The van der Waals surface area contributed by atoms with Gasteiger partial charge in [0.1, 0.15) is 0 Å².